The van der Waals surface area contributed by atoms with Gasteiger partial charge in [-0.1, -0.05) is 15.9 Å². The molecule has 1 aliphatic heterocycles. The number of halogens is 1. The van der Waals surface area contributed by atoms with Crippen LogP contribution in [0.15, 0.2) is 22.7 Å². The third-order valence-corrected chi connectivity index (χ3v) is 4.40. The van der Waals surface area contributed by atoms with Gasteiger partial charge in [-0.25, -0.2) is 4.79 Å². The lowest BCUT2D eigenvalue weighted by Gasteiger charge is -2.18. The molecule has 0 aliphatic carbocycles. The molecule has 8 nitrogen and oxygen atoms in total. The topological polar surface area (TPSA) is 97.0 Å². The Morgan fingerprint density at radius 3 is 2.44 bits per heavy atom. The normalized spacial score (nSPS) is 13.3. The van der Waals surface area contributed by atoms with Crippen LogP contribution in [0.5, 0.6) is 0 Å². The molecule has 2 rings (SSSR count). The number of fused-ring (bicyclic) bond motifs is 1. The Bertz CT molecular complexity index is 692. The molecule has 1 aromatic rings. The molecule has 9 heteroatoms. The van der Waals surface area contributed by atoms with Crippen LogP contribution in [0.3, 0.4) is 0 Å². The van der Waals surface area contributed by atoms with Crippen LogP contribution in [-0.4, -0.2) is 61.9 Å². The van der Waals surface area contributed by atoms with Gasteiger partial charge in [-0.3, -0.25) is 14.5 Å². The number of ether oxygens (including phenoxy) is 2. The van der Waals surface area contributed by atoms with Crippen molar-refractivity contribution in [2.75, 3.05) is 32.8 Å². The number of hydrogen-bond acceptors (Lipinski definition) is 5. The second-order valence-electron chi connectivity index (χ2n) is 5.78. The van der Waals surface area contributed by atoms with Gasteiger partial charge in [-0.05, 0) is 38.5 Å². The number of hydrogen-bond donors (Lipinski definition) is 2. The fraction of sp³-hybridized carbons (Fsp3) is 0.500. The Kier molecular flexibility index (Phi) is 8.21. The van der Waals surface area contributed by atoms with E-state index in [1.54, 1.807) is 18.2 Å². The number of nitrogens with one attached hydrogen (secondary N) is 2. The van der Waals surface area contributed by atoms with Crippen LogP contribution >= 0.6 is 15.9 Å². The number of nitrogens with zero attached hydrogens (tertiary/aromatic N) is 1. The van der Waals surface area contributed by atoms with E-state index in [0.29, 0.717) is 37.3 Å². The van der Waals surface area contributed by atoms with Crippen LogP contribution in [0.4, 0.5) is 4.79 Å². The molecule has 1 aromatic carbocycles. The SMILES string of the molecule is CCOC(CNC(=O)NCCCN1C(=O)c2ccc(Br)cc2C1=O)OCC. The average Bonchev–Trinajstić information content (AvgIpc) is 2.87. The van der Waals surface area contributed by atoms with Gasteiger partial charge in [-0.2, -0.15) is 0 Å². The van der Waals surface area contributed by atoms with Crippen molar-refractivity contribution >= 4 is 33.8 Å². The number of carbonyl (C=O) groups is 3. The minimum absolute atomic E-state index is 0.237. The fourth-order valence-corrected chi connectivity index (χ4v) is 3.04. The summed E-state index contributed by atoms with van der Waals surface area (Å²) in [7, 11) is 0. The Hall–Kier alpha value is -1.97. The monoisotopic (exact) mass is 441 g/mol. The van der Waals surface area contributed by atoms with E-state index < -0.39 is 6.29 Å². The molecule has 1 aliphatic rings. The molecule has 0 saturated heterocycles. The van der Waals surface area contributed by atoms with Crippen molar-refractivity contribution in [2.45, 2.75) is 26.6 Å². The summed E-state index contributed by atoms with van der Waals surface area (Å²) in [6.07, 6.45) is -0.0242. The van der Waals surface area contributed by atoms with Gasteiger partial charge >= 0.3 is 6.03 Å². The Morgan fingerprint density at radius 1 is 1.11 bits per heavy atom. The fourth-order valence-electron chi connectivity index (χ4n) is 2.68. The van der Waals surface area contributed by atoms with Crippen LogP contribution < -0.4 is 10.6 Å². The Morgan fingerprint density at radius 2 is 1.78 bits per heavy atom. The highest BCUT2D eigenvalue weighted by Gasteiger charge is 2.34. The molecule has 0 radical (unpaired) electrons. The zero-order valence-electron chi connectivity index (χ0n) is 15.4. The molecular weight excluding hydrogens is 418 g/mol. The number of carbonyl (C=O) groups excluding carboxylic acids is 3. The number of rotatable bonds is 10. The van der Waals surface area contributed by atoms with Crippen molar-refractivity contribution in [2.24, 2.45) is 0 Å². The molecule has 4 amide bonds. The van der Waals surface area contributed by atoms with E-state index in [9.17, 15) is 14.4 Å². The summed E-state index contributed by atoms with van der Waals surface area (Å²) < 4.78 is 11.4. The molecule has 0 spiro atoms. The van der Waals surface area contributed by atoms with Gasteiger partial charge < -0.3 is 20.1 Å². The maximum atomic E-state index is 12.3. The number of amides is 4. The average molecular weight is 442 g/mol. The minimum Gasteiger partial charge on any atom is -0.351 e. The van der Waals surface area contributed by atoms with E-state index in [0.717, 1.165) is 4.47 Å². The van der Waals surface area contributed by atoms with Gasteiger partial charge in [0.1, 0.15) is 0 Å². The van der Waals surface area contributed by atoms with Crippen LogP contribution in [0, 0.1) is 0 Å². The first-order valence-corrected chi connectivity index (χ1v) is 9.67. The van der Waals surface area contributed by atoms with Crippen LogP contribution in [0.2, 0.25) is 0 Å². The van der Waals surface area contributed by atoms with Crippen molar-refractivity contribution in [3.05, 3.63) is 33.8 Å². The van der Waals surface area contributed by atoms with Gasteiger partial charge in [0, 0.05) is 30.8 Å². The molecule has 148 valence electrons. The lowest BCUT2D eigenvalue weighted by atomic mass is 10.1. The zero-order valence-corrected chi connectivity index (χ0v) is 17.0. The molecule has 1 heterocycles. The molecule has 0 atom stereocenters. The molecule has 2 N–H and O–H groups in total. The molecule has 27 heavy (non-hydrogen) atoms. The Labute approximate surface area is 166 Å². The van der Waals surface area contributed by atoms with Crippen LogP contribution in [-0.2, 0) is 9.47 Å². The van der Waals surface area contributed by atoms with Crippen LogP contribution in [0.1, 0.15) is 41.0 Å². The van der Waals surface area contributed by atoms with Crippen molar-refractivity contribution < 1.29 is 23.9 Å². The third kappa shape index (κ3) is 5.75. The summed E-state index contributed by atoms with van der Waals surface area (Å²) in [5.74, 6) is -0.611. The van der Waals surface area contributed by atoms with Crippen LogP contribution in [0.25, 0.3) is 0 Å². The molecule has 0 unspecified atom stereocenters. The van der Waals surface area contributed by atoms with Gasteiger partial charge in [0.15, 0.2) is 6.29 Å². The lowest BCUT2D eigenvalue weighted by molar-refractivity contribution is -0.131. The van der Waals surface area contributed by atoms with E-state index in [2.05, 4.69) is 26.6 Å². The molecule has 0 bridgehead atoms. The van der Waals surface area contributed by atoms with Crippen molar-refractivity contribution in [1.82, 2.24) is 15.5 Å². The summed E-state index contributed by atoms with van der Waals surface area (Å²) >= 11 is 3.30. The predicted octanol–water partition coefficient (Wildman–Crippen LogP) is 2.13. The first-order valence-electron chi connectivity index (χ1n) is 8.88. The highest BCUT2D eigenvalue weighted by atomic mass is 79.9. The van der Waals surface area contributed by atoms with Gasteiger partial charge in [0.25, 0.3) is 11.8 Å². The highest BCUT2D eigenvalue weighted by Crippen LogP contribution is 2.25. The summed E-state index contributed by atoms with van der Waals surface area (Å²) in [4.78, 5) is 37.7. The smallest absolute Gasteiger partial charge is 0.314 e. The molecular formula is C18H24BrN3O5. The van der Waals surface area contributed by atoms with E-state index >= 15 is 0 Å². The van der Waals surface area contributed by atoms with Gasteiger partial charge in [0.2, 0.25) is 0 Å². The molecule has 0 saturated carbocycles. The van der Waals surface area contributed by atoms with Gasteiger partial charge in [-0.15, -0.1) is 0 Å². The lowest BCUT2D eigenvalue weighted by Crippen LogP contribution is -2.42. The largest absolute Gasteiger partial charge is 0.351 e. The summed E-state index contributed by atoms with van der Waals surface area (Å²) in [5, 5.41) is 5.35. The van der Waals surface area contributed by atoms with E-state index in [4.69, 9.17) is 9.47 Å². The van der Waals surface area contributed by atoms with Gasteiger partial charge in [0.05, 0.1) is 17.7 Å². The van der Waals surface area contributed by atoms with E-state index in [-0.39, 0.29) is 30.9 Å². The maximum Gasteiger partial charge on any atom is 0.314 e. The second kappa shape index (κ2) is 10.4. The number of benzene rings is 1. The van der Waals surface area contributed by atoms with E-state index in [1.807, 2.05) is 13.8 Å². The van der Waals surface area contributed by atoms with Crippen molar-refractivity contribution in [1.29, 1.82) is 0 Å². The molecule has 0 fully saturated rings. The zero-order chi connectivity index (χ0) is 19.8. The maximum absolute atomic E-state index is 12.3. The summed E-state index contributed by atoms with van der Waals surface area (Å²) in [6, 6.07) is 4.66. The quantitative estimate of drug-likeness (QED) is 0.329. The number of urea groups is 1. The first kappa shape index (κ1) is 21.3. The molecule has 0 aromatic heterocycles. The van der Waals surface area contributed by atoms with Crippen molar-refractivity contribution in [3.63, 3.8) is 0 Å². The second-order valence-corrected chi connectivity index (χ2v) is 6.70. The summed E-state index contributed by atoms with van der Waals surface area (Å²) in [5.41, 5.74) is 0.810. The van der Waals surface area contributed by atoms with E-state index in [1.165, 1.54) is 4.90 Å². The highest BCUT2D eigenvalue weighted by molar-refractivity contribution is 9.10. The number of imide groups is 1. The third-order valence-electron chi connectivity index (χ3n) is 3.91. The first-order chi connectivity index (χ1) is 13.0. The predicted molar refractivity (Wildman–Crippen MR) is 103 cm³/mol. The summed E-state index contributed by atoms with van der Waals surface area (Å²) in [6.45, 7) is 5.49. The van der Waals surface area contributed by atoms with Crippen molar-refractivity contribution in [3.8, 4) is 0 Å². The minimum atomic E-state index is -0.483. The Balaban J connectivity index is 1.72. The standard InChI is InChI=1S/C18H24BrN3O5/c1-3-26-15(27-4-2)11-21-18(25)20-8-5-9-22-16(23)13-7-6-12(19)10-14(13)17(22)24/h6-7,10,15H,3-5,8-9,11H2,1-2H3,(H2,20,21,25).